The Kier molecular flexibility index (Phi) is 7.02. The molecule has 0 aromatic heterocycles. The number of esters is 1. The van der Waals surface area contributed by atoms with E-state index in [4.69, 9.17) is 21.1 Å². The van der Waals surface area contributed by atoms with Crippen LogP contribution in [-0.4, -0.2) is 33.2 Å². The molecule has 0 aliphatic heterocycles. The molecule has 0 atom stereocenters. The summed E-state index contributed by atoms with van der Waals surface area (Å²) in [5.41, 5.74) is 1.12. The van der Waals surface area contributed by atoms with Gasteiger partial charge in [0.25, 0.3) is 5.91 Å². The van der Waals surface area contributed by atoms with Crippen molar-refractivity contribution in [1.82, 2.24) is 0 Å². The maximum absolute atomic E-state index is 12.4. The Bertz CT molecular complexity index is 962. The van der Waals surface area contributed by atoms with Crippen molar-refractivity contribution in [3.63, 3.8) is 0 Å². The number of hydrogen-bond donors (Lipinski definition) is 1. The van der Waals surface area contributed by atoms with Crippen LogP contribution in [0.5, 0.6) is 11.5 Å². The standard InChI is InChI=1S/C20H17ClN2O5/c1-26-17-10-12(9-16(21)18(17)27-2)8-14(11-22)19(24)23-15-6-4-13(5-7-15)20(25)28-3/h4-10H,1-3H3,(H,23,24)/b14-8+. The molecule has 0 aliphatic rings. The fourth-order valence-electron chi connectivity index (χ4n) is 2.34. The van der Waals surface area contributed by atoms with Crippen LogP contribution < -0.4 is 14.8 Å². The zero-order valence-electron chi connectivity index (χ0n) is 15.4. The first-order valence-electron chi connectivity index (χ1n) is 7.96. The second kappa shape index (κ2) is 9.44. The van der Waals surface area contributed by atoms with Gasteiger partial charge in [0.05, 0.1) is 31.9 Å². The van der Waals surface area contributed by atoms with E-state index in [0.29, 0.717) is 28.3 Å². The number of hydrogen-bond acceptors (Lipinski definition) is 6. The SMILES string of the molecule is COC(=O)c1ccc(NC(=O)/C(C#N)=C/c2cc(Cl)c(OC)c(OC)c2)cc1. The Morgan fingerprint density at radius 1 is 1.11 bits per heavy atom. The molecule has 2 rings (SSSR count). The van der Waals surface area contributed by atoms with Gasteiger partial charge in [-0.15, -0.1) is 0 Å². The van der Waals surface area contributed by atoms with Crippen molar-refractivity contribution in [2.45, 2.75) is 0 Å². The molecule has 0 saturated carbocycles. The molecule has 2 aromatic rings. The molecule has 8 heteroatoms. The van der Waals surface area contributed by atoms with Gasteiger partial charge in [-0.1, -0.05) is 11.6 Å². The van der Waals surface area contributed by atoms with E-state index in [9.17, 15) is 14.9 Å². The second-order valence-corrected chi connectivity index (χ2v) is 5.84. The Labute approximate surface area is 167 Å². The number of nitriles is 1. The lowest BCUT2D eigenvalue weighted by atomic mass is 10.1. The fourth-order valence-corrected chi connectivity index (χ4v) is 2.64. The topological polar surface area (TPSA) is 97.7 Å². The number of carbonyl (C=O) groups excluding carboxylic acids is 2. The number of nitrogens with one attached hydrogen (secondary N) is 1. The minimum atomic E-state index is -0.612. The number of nitrogens with zero attached hydrogens (tertiary/aromatic N) is 1. The lowest BCUT2D eigenvalue weighted by Crippen LogP contribution is -2.13. The van der Waals surface area contributed by atoms with E-state index in [1.54, 1.807) is 12.1 Å². The first-order chi connectivity index (χ1) is 13.4. The molecule has 7 nitrogen and oxygen atoms in total. The van der Waals surface area contributed by atoms with E-state index in [1.807, 2.05) is 6.07 Å². The van der Waals surface area contributed by atoms with Gasteiger partial charge in [0, 0.05) is 5.69 Å². The Balaban J connectivity index is 2.25. The number of ether oxygens (including phenoxy) is 3. The lowest BCUT2D eigenvalue weighted by Gasteiger charge is -2.10. The number of methoxy groups -OCH3 is 3. The molecule has 28 heavy (non-hydrogen) atoms. The quantitative estimate of drug-likeness (QED) is 0.451. The van der Waals surface area contributed by atoms with Crippen molar-refractivity contribution in [3.05, 3.63) is 58.1 Å². The zero-order valence-corrected chi connectivity index (χ0v) is 16.2. The maximum atomic E-state index is 12.4. The summed E-state index contributed by atoms with van der Waals surface area (Å²) < 4.78 is 15.0. The molecular formula is C20H17ClN2O5. The van der Waals surface area contributed by atoms with Gasteiger partial charge in [-0.05, 0) is 48.0 Å². The summed E-state index contributed by atoms with van der Waals surface area (Å²) in [6.07, 6.45) is 1.38. The van der Waals surface area contributed by atoms with Crippen LogP contribution in [0.3, 0.4) is 0 Å². The Morgan fingerprint density at radius 3 is 2.32 bits per heavy atom. The molecule has 0 spiro atoms. The highest BCUT2D eigenvalue weighted by molar-refractivity contribution is 6.32. The molecule has 0 unspecified atom stereocenters. The molecule has 0 radical (unpaired) electrons. The van der Waals surface area contributed by atoms with E-state index >= 15 is 0 Å². The summed E-state index contributed by atoms with van der Waals surface area (Å²) in [4.78, 5) is 23.8. The minimum Gasteiger partial charge on any atom is -0.493 e. The van der Waals surface area contributed by atoms with Gasteiger partial charge in [-0.25, -0.2) is 4.79 Å². The summed E-state index contributed by atoms with van der Waals surface area (Å²) in [6.45, 7) is 0. The number of anilines is 1. The number of rotatable bonds is 6. The van der Waals surface area contributed by atoms with Crippen molar-refractivity contribution in [2.75, 3.05) is 26.6 Å². The van der Waals surface area contributed by atoms with Crippen molar-refractivity contribution >= 4 is 35.2 Å². The lowest BCUT2D eigenvalue weighted by molar-refractivity contribution is -0.112. The normalized spacial score (nSPS) is 10.6. The zero-order chi connectivity index (χ0) is 20.7. The van der Waals surface area contributed by atoms with Crippen molar-refractivity contribution in [3.8, 4) is 17.6 Å². The smallest absolute Gasteiger partial charge is 0.337 e. The number of halogens is 1. The molecule has 2 aromatic carbocycles. The van der Waals surface area contributed by atoms with Gasteiger partial charge in [-0.2, -0.15) is 5.26 Å². The molecule has 1 N–H and O–H groups in total. The first-order valence-corrected chi connectivity index (χ1v) is 8.34. The van der Waals surface area contributed by atoms with Crippen molar-refractivity contribution in [2.24, 2.45) is 0 Å². The van der Waals surface area contributed by atoms with Gasteiger partial charge in [0.2, 0.25) is 0 Å². The summed E-state index contributed by atoms with van der Waals surface area (Å²) in [5.74, 6) is -0.368. The summed E-state index contributed by atoms with van der Waals surface area (Å²) in [6, 6.07) is 11.1. The third-order valence-electron chi connectivity index (χ3n) is 3.70. The van der Waals surface area contributed by atoms with Gasteiger partial charge >= 0.3 is 5.97 Å². The molecular weight excluding hydrogens is 384 g/mol. The monoisotopic (exact) mass is 400 g/mol. The highest BCUT2D eigenvalue weighted by Gasteiger charge is 2.14. The van der Waals surface area contributed by atoms with Crippen LogP contribution in [0, 0.1) is 11.3 Å². The summed E-state index contributed by atoms with van der Waals surface area (Å²) >= 11 is 6.15. The fraction of sp³-hybridized carbons (Fsp3) is 0.150. The van der Waals surface area contributed by atoms with E-state index in [0.717, 1.165) is 0 Å². The highest BCUT2D eigenvalue weighted by Crippen LogP contribution is 2.36. The van der Waals surface area contributed by atoms with Crippen LogP contribution in [0.4, 0.5) is 5.69 Å². The van der Waals surface area contributed by atoms with Crippen molar-refractivity contribution < 1.29 is 23.8 Å². The molecule has 144 valence electrons. The third kappa shape index (κ3) is 4.81. The van der Waals surface area contributed by atoms with Gasteiger partial charge < -0.3 is 19.5 Å². The van der Waals surface area contributed by atoms with E-state index in [1.165, 1.54) is 51.7 Å². The first kappa shape index (κ1) is 20.8. The Hall–Kier alpha value is -3.50. The van der Waals surface area contributed by atoms with Crippen molar-refractivity contribution in [1.29, 1.82) is 5.26 Å². The maximum Gasteiger partial charge on any atom is 0.337 e. The van der Waals surface area contributed by atoms with E-state index in [-0.39, 0.29) is 10.6 Å². The molecule has 0 saturated heterocycles. The average molecular weight is 401 g/mol. The number of benzene rings is 2. The van der Waals surface area contributed by atoms with Gasteiger partial charge in [0.1, 0.15) is 11.6 Å². The number of carbonyl (C=O) groups is 2. The molecule has 0 heterocycles. The van der Waals surface area contributed by atoms with Crippen LogP contribution >= 0.6 is 11.6 Å². The largest absolute Gasteiger partial charge is 0.493 e. The highest BCUT2D eigenvalue weighted by atomic mass is 35.5. The molecule has 0 bridgehead atoms. The summed E-state index contributed by atoms with van der Waals surface area (Å²) in [5, 5.41) is 12.2. The predicted molar refractivity (Wildman–Crippen MR) is 105 cm³/mol. The average Bonchev–Trinajstić information content (AvgIpc) is 2.71. The minimum absolute atomic E-state index is 0.139. The molecule has 0 aliphatic carbocycles. The van der Waals surface area contributed by atoms with Gasteiger partial charge in [-0.3, -0.25) is 4.79 Å². The molecule has 0 fully saturated rings. The summed E-state index contributed by atoms with van der Waals surface area (Å²) in [7, 11) is 4.19. The second-order valence-electron chi connectivity index (χ2n) is 5.43. The van der Waals surface area contributed by atoms with E-state index < -0.39 is 11.9 Å². The van der Waals surface area contributed by atoms with Crippen LogP contribution in [0.1, 0.15) is 15.9 Å². The van der Waals surface area contributed by atoms with Crippen LogP contribution in [0.25, 0.3) is 6.08 Å². The van der Waals surface area contributed by atoms with Crippen LogP contribution in [-0.2, 0) is 9.53 Å². The third-order valence-corrected chi connectivity index (χ3v) is 3.98. The van der Waals surface area contributed by atoms with Crippen LogP contribution in [0.2, 0.25) is 5.02 Å². The predicted octanol–water partition coefficient (Wildman–Crippen LogP) is 3.69. The Morgan fingerprint density at radius 2 is 1.79 bits per heavy atom. The van der Waals surface area contributed by atoms with E-state index in [2.05, 4.69) is 10.1 Å². The number of amides is 1. The molecule has 1 amide bonds. The van der Waals surface area contributed by atoms with Crippen LogP contribution in [0.15, 0.2) is 42.0 Å². The van der Waals surface area contributed by atoms with Gasteiger partial charge in [0.15, 0.2) is 11.5 Å².